The number of pyridine rings is 1. The Bertz CT molecular complexity index is 1520. The molecular formula is C32H37FN4O5. The molecule has 222 valence electrons. The first-order valence-corrected chi connectivity index (χ1v) is 14.4. The Labute approximate surface area is 245 Å². The van der Waals surface area contributed by atoms with Gasteiger partial charge >= 0.3 is 6.09 Å². The van der Waals surface area contributed by atoms with E-state index in [0.29, 0.717) is 36.3 Å². The molecule has 2 amide bonds. The predicted octanol–water partition coefficient (Wildman–Crippen LogP) is 4.96. The van der Waals surface area contributed by atoms with Gasteiger partial charge in [-0.25, -0.2) is 14.2 Å². The molecule has 6 rings (SSSR count). The lowest BCUT2D eigenvalue weighted by Gasteiger charge is -2.39. The maximum Gasteiger partial charge on any atom is 0.410 e. The molecule has 0 N–H and O–H groups in total. The number of piperidine rings is 1. The smallest absolute Gasteiger partial charge is 0.410 e. The van der Waals surface area contributed by atoms with Gasteiger partial charge in [-0.3, -0.25) is 4.79 Å². The maximum absolute atomic E-state index is 14.9. The number of benzene rings is 2. The number of rotatable bonds is 5. The van der Waals surface area contributed by atoms with Gasteiger partial charge < -0.3 is 28.9 Å². The summed E-state index contributed by atoms with van der Waals surface area (Å²) in [5, 5.41) is 0.691. The number of amides is 2. The van der Waals surface area contributed by atoms with E-state index in [2.05, 4.69) is 4.90 Å². The number of carbonyl (C=O) groups is 2. The van der Waals surface area contributed by atoms with Crippen molar-refractivity contribution in [1.82, 2.24) is 14.8 Å². The summed E-state index contributed by atoms with van der Waals surface area (Å²) in [6, 6.07) is 12.8. The van der Waals surface area contributed by atoms with Crippen molar-refractivity contribution in [2.24, 2.45) is 11.8 Å². The molecule has 3 saturated heterocycles. The first-order valence-electron chi connectivity index (χ1n) is 14.4. The number of hydrogen-bond acceptors (Lipinski definition) is 7. The average molecular weight is 577 g/mol. The van der Waals surface area contributed by atoms with Crippen LogP contribution in [0.2, 0.25) is 0 Å². The Kier molecular flexibility index (Phi) is 7.11. The van der Waals surface area contributed by atoms with Gasteiger partial charge in [0, 0.05) is 49.4 Å². The highest BCUT2D eigenvalue weighted by Crippen LogP contribution is 2.40. The van der Waals surface area contributed by atoms with Crippen LogP contribution in [0.1, 0.15) is 27.2 Å². The van der Waals surface area contributed by atoms with Crippen molar-refractivity contribution in [3.63, 3.8) is 0 Å². The van der Waals surface area contributed by atoms with Crippen molar-refractivity contribution in [3.8, 4) is 22.8 Å². The standard InChI is InChI=1S/C32H37FN4O5/c1-32(2,3)42-31(39)37-16-22(17-37)41-21-8-6-19(7-9-21)26-13-28(23-12-25(33)29(40-5)14-27(23)34-26)36-15-20-10-11-35(4)30(38)24(20)18-36/h6-9,12-14,20,22,24H,10-11,15-18H2,1-5H3. The molecule has 0 aliphatic carbocycles. The number of carbonyl (C=O) groups excluding carboxylic acids is 2. The summed E-state index contributed by atoms with van der Waals surface area (Å²) in [5.41, 5.74) is 2.56. The highest BCUT2D eigenvalue weighted by Gasteiger charge is 2.42. The Hall–Kier alpha value is -4.08. The van der Waals surface area contributed by atoms with Gasteiger partial charge in [0.2, 0.25) is 5.91 Å². The second kappa shape index (κ2) is 10.6. The van der Waals surface area contributed by atoms with E-state index in [1.54, 1.807) is 11.0 Å². The van der Waals surface area contributed by atoms with Crippen LogP contribution in [0.3, 0.4) is 0 Å². The number of methoxy groups -OCH3 is 1. The van der Waals surface area contributed by atoms with E-state index in [-0.39, 0.29) is 35.7 Å². The lowest BCUT2D eigenvalue weighted by molar-refractivity contribution is -0.137. The molecule has 10 heteroatoms. The Morgan fingerprint density at radius 1 is 1.05 bits per heavy atom. The topological polar surface area (TPSA) is 84.4 Å². The minimum atomic E-state index is -0.532. The van der Waals surface area contributed by atoms with Crippen LogP contribution in [0.5, 0.6) is 11.5 Å². The van der Waals surface area contributed by atoms with Crippen LogP contribution >= 0.6 is 0 Å². The van der Waals surface area contributed by atoms with Crippen LogP contribution in [0.25, 0.3) is 22.2 Å². The zero-order chi connectivity index (χ0) is 29.8. The van der Waals surface area contributed by atoms with E-state index < -0.39 is 11.4 Å². The highest BCUT2D eigenvalue weighted by atomic mass is 19.1. The number of ether oxygens (including phenoxy) is 3. The quantitative estimate of drug-likeness (QED) is 0.425. The molecule has 1 aromatic heterocycles. The highest BCUT2D eigenvalue weighted by molar-refractivity contribution is 5.96. The lowest BCUT2D eigenvalue weighted by Crippen LogP contribution is -2.57. The Morgan fingerprint density at radius 3 is 2.48 bits per heavy atom. The molecule has 3 aliphatic heterocycles. The third-order valence-electron chi connectivity index (χ3n) is 8.32. The molecule has 42 heavy (non-hydrogen) atoms. The molecule has 2 unspecified atom stereocenters. The molecule has 9 nitrogen and oxygen atoms in total. The molecule has 0 spiro atoms. The SMILES string of the molecule is COc1cc2nc(-c3ccc(OC4CN(C(=O)OC(C)(C)C)C4)cc3)cc(N3CC4CCN(C)C(=O)C4C3)c2cc1F. The van der Waals surface area contributed by atoms with Gasteiger partial charge in [-0.2, -0.15) is 0 Å². The van der Waals surface area contributed by atoms with Gasteiger partial charge in [0.15, 0.2) is 11.6 Å². The van der Waals surface area contributed by atoms with E-state index in [9.17, 15) is 14.0 Å². The number of aromatic nitrogens is 1. The van der Waals surface area contributed by atoms with Gasteiger partial charge in [-0.1, -0.05) is 0 Å². The normalized spacial score (nSPS) is 20.9. The van der Waals surface area contributed by atoms with Crippen LogP contribution in [0.15, 0.2) is 42.5 Å². The van der Waals surface area contributed by atoms with Crippen LogP contribution < -0.4 is 14.4 Å². The fourth-order valence-corrected chi connectivity index (χ4v) is 6.05. The van der Waals surface area contributed by atoms with Gasteiger partial charge in [0.05, 0.1) is 37.3 Å². The molecule has 0 bridgehead atoms. The minimum Gasteiger partial charge on any atom is -0.494 e. The third-order valence-corrected chi connectivity index (χ3v) is 8.32. The lowest BCUT2D eigenvalue weighted by atomic mass is 9.88. The van der Waals surface area contributed by atoms with E-state index in [1.807, 2.05) is 63.1 Å². The first-order chi connectivity index (χ1) is 20.0. The van der Waals surface area contributed by atoms with E-state index >= 15 is 0 Å². The van der Waals surface area contributed by atoms with Gasteiger partial charge in [0.1, 0.15) is 17.5 Å². The molecule has 0 radical (unpaired) electrons. The Balaban J connectivity index is 1.24. The first kappa shape index (κ1) is 28.1. The van der Waals surface area contributed by atoms with Crippen LogP contribution in [-0.2, 0) is 9.53 Å². The number of nitrogens with zero attached hydrogens (tertiary/aromatic N) is 4. The van der Waals surface area contributed by atoms with E-state index in [0.717, 1.165) is 36.5 Å². The minimum absolute atomic E-state index is 0.0623. The molecular weight excluding hydrogens is 539 g/mol. The number of anilines is 1. The van der Waals surface area contributed by atoms with Crippen LogP contribution in [-0.4, -0.2) is 85.4 Å². The number of hydrogen-bond donors (Lipinski definition) is 0. The Morgan fingerprint density at radius 2 is 1.79 bits per heavy atom. The van der Waals surface area contributed by atoms with Gasteiger partial charge in [-0.15, -0.1) is 0 Å². The molecule has 3 aromatic rings. The summed E-state index contributed by atoms with van der Waals surface area (Å²) in [6.45, 7) is 8.58. The summed E-state index contributed by atoms with van der Waals surface area (Å²) in [7, 11) is 3.30. The van der Waals surface area contributed by atoms with Crippen molar-refractivity contribution in [3.05, 3.63) is 48.3 Å². The van der Waals surface area contributed by atoms with Crippen LogP contribution in [0, 0.1) is 17.7 Å². The molecule has 3 aliphatic rings. The summed E-state index contributed by atoms with van der Waals surface area (Å²) in [4.78, 5) is 35.6. The van der Waals surface area contributed by atoms with Crippen molar-refractivity contribution in [2.45, 2.75) is 38.9 Å². The monoisotopic (exact) mass is 576 g/mol. The summed E-state index contributed by atoms with van der Waals surface area (Å²) >= 11 is 0. The predicted molar refractivity (Wildman–Crippen MR) is 157 cm³/mol. The zero-order valence-corrected chi connectivity index (χ0v) is 24.7. The second-order valence-electron chi connectivity index (χ2n) is 12.5. The third kappa shape index (κ3) is 5.42. The molecule has 4 heterocycles. The van der Waals surface area contributed by atoms with Crippen molar-refractivity contribution in [2.75, 3.05) is 51.8 Å². The van der Waals surface area contributed by atoms with Gasteiger partial charge in [-0.05, 0) is 69.5 Å². The average Bonchev–Trinajstić information content (AvgIpc) is 3.36. The van der Waals surface area contributed by atoms with E-state index in [1.165, 1.54) is 13.2 Å². The summed E-state index contributed by atoms with van der Waals surface area (Å²) in [6.07, 6.45) is 0.525. The zero-order valence-electron chi connectivity index (χ0n) is 24.7. The van der Waals surface area contributed by atoms with Gasteiger partial charge in [0.25, 0.3) is 0 Å². The number of halogens is 1. The fourth-order valence-electron chi connectivity index (χ4n) is 6.05. The molecule has 2 aromatic carbocycles. The molecule has 0 saturated carbocycles. The number of fused-ring (bicyclic) bond motifs is 2. The van der Waals surface area contributed by atoms with Crippen LogP contribution in [0.4, 0.5) is 14.9 Å². The number of likely N-dealkylation sites (tertiary alicyclic amines) is 2. The summed E-state index contributed by atoms with van der Waals surface area (Å²) in [5.74, 6) is 0.774. The molecule has 3 fully saturated rings. The second-order valence-corrected chi connectivity index (χ2v) is 12.5. The molecule has 2 atom stereocenters. The largest absolute Gasteiger partial charge is 0.494 e. The van der Waals surface area contributed by atoms with E-state index in [4.69, 9.17) is 19.2 Å². The fraction of sp³-hybridized carbons (Fsp3) is 0.469. The summed E-state index contributed by atoms with van der Waals surface area (Å²) < 4.78 is 31.6. The van der Waals surface area contributed by atoms with Crippen molar-refractivity contribution in [1.29, 1.82) is 0 Å². The maximum atomic E-state index is 14.9. The van der Waals surface area contributed by atoms with Crippen molar-refractivity contribution < 1.29 is 28.2 Å². The van der Waals surface area contributed by atoms with Crippen molar-refractivity contribution >= 4 is 28.6 Å².